The lowest BCUT2D eigenvalue weighted by Crippen LogP contribution is -2.58. The molecular formula is C24H40O4. The van der Waals surface area contributed by atoms with Crippen LogP contribution >= 0.6 is 0 Å². The summed E-state index contributed by atoms with van der Waals surface area (Å²) in [5.74, 6) is 2.15. The average molecular weight is 393 g/mol. The van der Waals surface area contributed by atoms with Crippen molar-refractivity contribution >= 4 is 5.97 Å². The number of aliphatic hydroxyl groups excluding tert-OH is 2. The molecule has 28 heavy (non-hydrogen) atoms. The van der Waals surface area contributed by atoms with E-state index in [0.29, 0.717) is 46.8 Å². The van der Waals surface area contributed by atoms with Crippen LogP contribution in [-0.2, 0) is 4.79 Å². The van der Waals surface area contributed by atoms with Crippen LogP contribution in [-0.4, -0.2) is 33.5 Å². The standard InChI is InChI=1S/C24H40O4/c1-23-12-10-19-22(18(23)8-7-15(23)5-3-4-6-21(27)28)20(26)14-16-13-17(25)9-11-24(16,19)2/h15-20,22,25-26H,3-14H2,1-2H3,(H,27,28)/t15-,16+,17-,18+,19+,20-,22-,23-,24+/m1/s1. The predicted octanol–water partition coefficient (Wildman–Crippen LogP) is 4.62. The van der Waals surface area contributed by atoms with E-state index in [1.165, 1.54) is 25.7 Å². The number of aliphatic carboxylic acids is 1. The third kappa shape index (κ3) is 3.33. The van der Waals surface area contributed by atoms with E-state index in [0.717, 1.165) is 44.9 Å². The van der Waals surface area contributed by atoms with Crippen LogP contribution in [0.2, 0.25) is 0 Å². The maximum Gasteiger partial charge on any atom is 0.303 e. The molecule has 0 heterocycles. The van der Waals surface area contributed by atoms with E-state index < -0.39 is 5.97 Å². The van der Waals surface area contributed by atoms with E-state index >= 15 is 0 Å². The highest BCUT2D eigenvalue weighted by Crippen LogP contribution is 2.67. The van der Waals surface area contributed by atoms with Crippen LogP contribution in [0.25, 0.3) is 0 Å². The molecule has 4 nitrogen and oxygen atoms in total. The van der Waals surface area contributed by atoms with Crippen molar-refractivity contribution in [1.29, 1.82) is 0 Å². The van der Waals surface area contributed by atoms with Crippen LogP contribution in [0.1, 0.15) is 90.9 Å². The van der Waals surface area contributed by atoms with Crippen molar-refractivity contribution in [2.45, 2.75) is 103 Å². The average Bonchev–Trinajstić information content (AvgIpc) is 2.96. The van der Waals surface area contributed by atoms with Crippen molar-refractivity contribution in [3.05, 3.63) is 0 Å². The van der Waals surface area contributed by atoms with Crippen molar-refractivity contribution < 1.29 is 20.1 Å². The molecule has 3 N–H and O–H groups in total. The normalized spacial score (nSPS) is 50.5. The van der Waals surface area contributed by atoms with Crippen molar-refractivity contribution in [2.75, 3.05) is 0 Å². The molecule has 0 bridgehead atoms. The Labute approximate surface area is 170 Å². The lowest BCUT2D eigenvalue weighted by molar-refractivity contribution is -0.172. The maximum atomic E-state index is 11.2. The molecule has 4 saturated carbocycles. The molecule has 0 aromatic heterocycles. The van der Waals surface area contributed by atoms with Gasteiger partial charge in [0.25, 0.3) is 0 Å². The zero-order chi connectivity index (χ0) is 20.1. The zero-order valence-corrected chi connectivity index (χ0v) is 17.8. The van der Waals surface area contributed by atoms with Gasteiger partial charge in [0.15, 0.2) is 0 Å². The summed E-state index contributed by atoms with van der Waals surface area (Å²) in [6.45, 7) is 4.95. The van der Waals surface area contributed by atoms with Crippen LogP contribution in [0.5, 0.6) is 0 Å². The fraction of sp³-hybridized carbons (Fsp3) is 0.958. The number of hydrogen-bond acceptors (Lipinski definition) is 3. The summed E-state index contributed by atoms with van der Waals surface area (Å²) in [6.07, 6.45) is 11.7. The van der Waals surface area contributed by atoms with Crippen LogP contribution in [0.3, 0.4) is 0 Å². The van der Waals surface area contributed by atoms with Crippen molar-refractivity contribution in [1.82, 2.24) is 0 Å². The van der Waals surface area contributed by atoms with E-state index in [2.05, 4.69) is 13.8 Å². The van der Waals surface area contributed by atoms with E-state index in [9.17, 15) is 15.0 Å². The Hall–Kier alpha value is -0.610. The van der Waals surface area contributed by atoms with Gasteiger partial charge in [-0.05, 0) is 105 Å². The number of rotatable bonds is 5. The molecule has 4 aliphatic rings. The first kappa shape index (κ1) is 20.7. The smallest absolute Gasteiger partial charge is 0.303 e. The monoisotopic (exact) mass is 392 g/mol. The second-order valence-corrected chi connectivity index (χ2v) is 11.2. The molecule has 0 saturated heterocycles. The van der Waals surface area contributed by atoms with E-state index in [4.69, 9.17) is 5.11 Å². The molecule has 4 rings (SSSR count). The quantitative estimate of drug-likeness (QED) is 0.597. The van der Waals surface area contributed by atoms with Gasteiger partial charge in [-0.25, -0.2) is 0 Å². The number of carbonyl (C=O) groups is 1. The molecule has 4 fully saturated rings. The first-order valence-electron chi connectivity index (χ1n) is 11.8. The fourth-order valence-electron chi connectivity index (χ4n) is 8.45. The summed E-state index contributed by atoms with van der Waals surface area (Å²) in [5, 5.41) is 30.3. The van der Waals surface area contributed by atoms with Gasteiger partial charge < -0.3 is 15.3 Å². The van der Waals surface area contributed by atoms with Crippen LogP contribution in [0, 0.1) is 40.4 Å². The first-order valence-corrected chi connectivity index (χ1v) is 11.8. The summed E-state index contributed by atoms with van der Waals surface area (Å²) in [7, 11) is 0. The highest BCUT2D eigenvalue weighted by atomic mass is 16.4. The Balaban J connectivity index is 1.48. The van der Waals surface area contributed by atoms with Crippen LogP contribution in [0.4, 0.5) is 0 Å². The largest absolute Gasteiger partial charge is 0.481 e. The number of carboxylic acids is 1. The van der Waals surface area contributed by atoms with E-state index in [1.807, 2.05) is 0 Å². The maximum absolute atomic E-state index is 11.2. The third-order valence-electron chi connectivity index (χ3n) is 10.0. The lowest BCUT2D eigenvalue weighted by atomic mass is 9.44. The van der Waals surface area contributed by atoms with Crippen LogP contribution < -0.4 is 0 Å². The Morgan fingerprint density at radius 1 is 0.929 bits per heavy atom. The Morgan fingerprint density at radius 2 is 1.64 bits per heavy atom. The Bertz CT molecular complexity index is 591. The molecule has 4 heteroatoms. The number of fused-ring (bicyclic) bond motifs is 5. The van der Waals surface area contributed by atoms with Crippen molar-refractivity contribution in [2.24, 2.45) is 40.4 Å². The molecule has 160 valence electrons. The van der Waals surface area contributed by atoms with Crippen molar-refractivity contribution in [3.63, 3.8) is 0 Å². The van der Waals surface area contributed by atoms with Gasteiger partial charge >= 0.3 is 5.97 Å². The molecule has 0 unspecified atom stereocenters. The minimum Gasteiger partial charge on any atom is -0.481 e. The Morgan fingerprint density at radius 3 is 2.39 bits per heavy atom. The molecule has 0 amide bonds. The Kier molecular flexibility index (Phi) is 5.59. The minimum atomic E-state index is -0.679. The predicted molar refractivity (Wildman–Crippen MR) is 109 cm³/mol. The van der Waals surface area contributed by atoms with Gasteiger partial charge in [-0.15, -0.1) is 0 Å². The molecule has 9 atom stereocenters. The molecular weight excluding hydrogens is 352 g/mol. The second kappa shape index (κ2) is 7.58. The van der Waals surface area contributed by atoms with E-state index in [-0.39, 0.29) is 12.2 Å². The summed E-state index contributed by atoms with van der Waals surface area (Å²) in [5.41, 5.74) is 0.618. The summed E-state index contributed by atoms with van der Waals surface area (Å²) in [6, 6.07) is 0. The number of hydrogen-bond donors (Lipinski definition) is 3. The fourth-order valence-corrected chi connectivity index (χ4v) is 8.45. The van der Waals surface area contributed by atoms with Gasteiger partial charge in [0.05, 0.1) is 12.2 Å². The SMILES string of the molecule is C[C@]12CC[C@@H](O)C[C@H]1C[C@@H](O)[C@H]1[C@@H]2CC[C@]2(C)[C@H](CCCCC(=O)O)CC[C@@H]12. The zero-order valence-electron chi connectivity index (χ0n) is 17.8. The number of carboxylic acid groups (broad SMARTS) is 1. The molecule has 0 aliphatic heterocycles. The number of unbranched alkanes of at least 4 members (excludes halogenated alkanes) is 1. The summed E-state index contributed by atoms with van der Waals surface area (Å²) in [4.78, 5) is 10.8. The molecule has 0 aromatic carbocycles. The summed E-state index contributed by atoms with van der Waals surface area (Å²) < 4.78 is 0. The molecule has 4 aliphatic carbocycles. The highest BCUT2D eigenvalue weighted by Gasteiger charge is 2.62. The molecule has 0 spiro atoms. The van der Waals surface area contributed by atoms with Gasteiger partial charge in [0, 0.05) is 6.42 Å². The topological polar surface area (TPSA) is 77.8 Å². The van der Waals surface area contributed by atoms with Gasteiger partial charge in [0.2, 0.25) is 0 Å². The van der Waals surface area contributed by atoms with Gasteiger partial charge in [0.1, 0.15) is 0 Å². The molecule has 0 aromatic rings. The first-order chi connectivity index (χ1) is 13.3. The lowest BCUT2D eigenvalue weighted by Gasteiger charge is -2.62. The van der Waals surface area contributed by atoms with Gasteiger partial charge in [-0.2, -0.15) is 0 Å². The third-order valence-corrected chi connectivity index (χ3v) is 10.0. The van der Waals surface area contributed by atoms with Gasteiger partial charge in [-0.1, -0.05) is 20.3 Å². The van der Waals surface area contributed by atoms with Gasteiger partial charge in [-0.3, -0.25) is 4.79 Å². The number of aliphatic hydroxyl groups is 2. The van der Waals surface area contributed by atoms with E-state index in [1.54, 1.807) is 0 Å². The molecule has 0 radical (unpaired) electrons. The minimum absolute atomic E-state index is 0.169. The summed E-state index contributed by atoms with van der Waals surface area (Å²) >= 11 is 0. The van der Waals surface area contributed by atoms with Crippen LogP contribution in [0.15, 0.2) is 0 Å². The second-order valence-electron chi connectivity index (χ2n) is 11.2. The van der Waals surface area contributed by atoms with Crippen molar-refractivity contribution in [3.8, 4) is 0 Å². The highest BCUT2D eigenvalue weighted by molar-refractivity contribution is 5.66.